The van der Waals surface area contributed by atoms with Gasteiger partial charge in [-0.05, 0) is 50.9 Å². The molecular formula is C14H17ClN3OP. The van der Waals surface area contributed by atoms with E-state index in [1.54, 1.807) is 19.5 Å². The molecule has 0 unspecified atom stereocenters. The van der Waals surface area contributed by atoms with Crippen LogP contribution >= 0.6 is 18.7 Å². The number of hydrogen-bond acceptors (Lipinski definition) is 4. The molecule has 0 atom stereocenters. The van der Waals surface area contributed by atoms with Crippen LogP contribution in [-0.2, 0) is 4.57 Å². The SMILES string of the molecule is Cc1ccc(Nc2nc(Cl)ncc2C)c(P(C)(C)=O)c1. The average molecular weight is 310 g/mol. The van der Waals surface area contributed by atoms with E-state index in [2.05, 4.69) is 15.3 Å². The lowest BCUT2D eigenvalue weighted by atomic mass is 10.2. The van der Waals surface area contributed by atoms with E-state index in [0.717, 1.165) is 22.1 Å². The molecule has 0 aliphatic carbocycles. The van der Waals surface area contributed by atoms with Crippen LogP contribution in [0.2, 0.25) is 5.28 Å². The van der Waals surface area contributed by atoms with E-state index >= 15 is 0 Å². The Bertz CT molecular complexity index is 697. The summed E-state index contributed by atoms with van der Waals surface area (Å²) in [7, 11) is -2.39. The summed E-state index contributed by atoms with van der Waals surface area (Å²) >= 11 is 5.82. The fourth-order valence-electron chi connectivity index (χ4n) is 1.87. The Balaban J connectivity index is 2.49. The molecule has 0 aliphatic heterocycles. The summed E-state index contributed by atoms with van der Waals surface area (Å²) in [6.07, 6.45) is 1.66. The highest BCUT2D eigenvalue weighted by Crippen LogP contribution is 2.38. The van der Waals surface area contributed by atoms with Gasteiger partial charge in [0.25, 0.3) is 0 Å². The van der Waals surface area contributed by atoms with Crippen LogP contribution in [0.5, 0.6) is 0 Å². The van der Waals surface area contributed by atoms with Gasteiger partial charge < -0.3 is 9.88 Å². The molecule has 1 heterocycles. The van der Waals surface area contributed by atoms with Crippen LogP contribution in [0.25, 0.3) is 0 Å². The van der Waals surface area contributed by atoms with Gasteiger partial charge in [0.1, 0.15) is 13.0 Å². The summed E-state index contributed by atoms with van der Waals surface area (Å²) in [6, 6.07) is 5.83. The summed E-state index contributed by atoms with van der Waals surface area (Å²) in [6.45, 7) is 7.39. The first-order chi connectivity index (χ1) is 9.27. The minimum atomic E-state index is -2.39. The number of anilines is 2. The van der Waals surface area contributed by atoms with E-state index in [1.807, 2.05) is 32.0 Å². The first kappa shape index (κ1) is 15.0. The Morgan fingerprint density at radius 3 is 2.60 bits per heavy atom. The summed E-state index contributed by atoms with van der Waals surface area (Å²) in [5.74, 6) is 0.628. The smallest absolute Gasteiger partial charge is 0.224 e. The molecule has 0 aliphatic rings. The number of halogens is 1. The highest BCUT2D eigenvalue weighted by Gasteiger charge is 2.17. The van der Waals surface area contributed by atoms with Crippen LogP contribution in [0.1, 0.15) is 11.1 Å². The predicted octanol–water partition coefficient (Wildman–Crippen LogP) is 3.74. The molecule has 106 valence electrons. The van der Waals surface area contributed by atoms with Gasteiger partial charge in [0.05, 0.1) is 5.69 Å². The van der Waals surface area contributed by atoms with Crippen molar-refractivity contribution in [1.82, 2.24) is 9.97 Å². The van der Waals surface area contributed by atoms with E-state index in [9.17, 15) is 4.57 Å². The minimum Gasteiger partial charge on any atom is -0.339 e. The van der Waals surface area contributed by atoms with Crippen molar-refractivity contribution in [2.45, 2.75) is 13.8 Å². The summed E-state index contributed by atoms with van der Waals surface area (Å²) in [5, 5.41) is 4.20. The van der Waals surface area contributed by atoms with E-state index < -0.39 is 7.14 Å². The van der Waals surface area contributed by atoms with E-state index in [-0.39, 0.29) is 5.28 Å². The molecule has 0 spiro atoms. The van der Waals surface area contributed by atoms with Gasteiger partial charge in [-0.2, -0.15) is 0 Å². The fourth-order valence-corrected chi connectivity index (χ4v) is 3.23. The maximum Gasteiger partial charge on any atom is 0.224 e. The standard InChI is InChI=1S/C14H17ClN3OP/c1-9-5-6-11(12(7-9)20(3,4)19)17-13-10(2)8-16-14(15)18-13/h5-8H,1-4H3,(H,16,17,18). The number of hydrogen-bond donors (Lipinski definition) is 1. The zero-order valence-corrected chi connectivity index (χ0v) is 13.6. The molecule has 0 radical (unpaired) electrons. The molecular weight excluding hydrogens is 293 g/mol. The van der Waals surface area contributed by atoms with Crippen molar-refractivity contribution in [3.05, 3.63) is 40.8 Å². The van der Waals surface area contributed by atoms with Crippen LogP contribution in [-0.4, -0.2) is 23.3 Å². The molecule has 0 amide bonds. The third-order valence-corrected chi connectivity index (χ3v) is 4.64. The molecule has 0 saturated carbocycles. The number of aromatic nitrogens is 2. The first-order valence-corrected chi connectivity index (χ1v) is 9.17. The van der Waals surface area contributed by atoms with Crippen molar-refractivity contribution < 1.29 is 4.57 Å². The number of rotatable bonds is 3. The molecule has 1 N–H and O–H groups in total. The Kier molecular flexibility index (Phi) is 4.17. The normalized spacial score (nSPS) is 11.4. The van der Waals surface area contributed by atoms with Crippen molar-refractivity contribution in [1.29, 1.82) is 0 Å². The Morgan fingerprint density at radius 2 is 1.95 bits per heavy atom. The van der Waals surface area contributed by atoms with E-state index in [0.29, 0.717) is 5.82 Å². The van der Waals surface area contributed by atoms with Crippen LogP contribution in [0.4, 0.5) is 11.5 Å². The first-order valence-electron chi connectivity index (χ1n) is 6.20. The molecule has 1 aromatic carbocycles. The average Bonchev–Trinajstić information content (AvgIpc) is 2.34. The zero-order valence-electron chi connectivity index (χ0n) is 11.9. The third-order valence-electron chi connectivity index (χ3n) is 2.93. The Hall–Kier alpha value is -1.38. The van der Waals surface area contributed by atoms with Gasteiger partial charge in [-0.1, -0.05) is 11.6 Å². The van der Waals surface area contributed by atoms with Gasteiger partial charge in [-0.15, -0.1) is 0 Å². The number of nitrogens with zero attached hydrogens (tertiary/aromatic N) is 2. The topological polar surface area (TPSA) is 54.9 Å². The van der Waals surface area contributed by atoms with Crippen molar-refractivity contribution in [3.63, 3.8) is 0 Å². The van der Waals surface area contributed by atoms with Crippen LogP contribution in [0, 0.1) is 13.8 Å². The molecule has 1 aromatic heterocycles. The third kappa shape index (κ3) is 3.38. The lowest BCUT2D eigenvalue weighted by Gasteiger charge is -2.16. The lowest BCUT2D eigenvalue weighted by molar-refractivity contribution is 0.588. The van der Waals surface area contributed by atoms with Gasteiger partial charge >= 0.3 is 0 Å². The summed E-state index contributed by atoms with van der Waals surface area (Å²) in [4.78, 5) is 8.09. The largest absolute Gasteiger partial charge is 0.339 e. The van der Waals surface area contributed by atoms with E-state index in [4.69, 9.17) is 11.6 Å². The fraction of sp³-hybridized carbons (Fsp3) is 0.286. The number of aryl methyl sites for hydroxylation is 2. The number of benzene rings is 1. The Labute approximate surface area is 124 Å². The highest BCUT2D eigenvalue weighted by atomic mass is 35.5. The molecule has 2 rings (SSSR count). The second-order valence-electron chi connectivity index (χ2n) is 5.17. The van der Waals surface area contributed by atoms with Crippen molar-refractivity contribution in [3.8, 4) is 0 Å². The molecule has 6 heteroatoms. The van der Waals surface area contributed by atoms with Crippen molar-refractivity contribution in [2.24, 2.45) is 0 Å². The van der Waals surface area contributed by atoms with Crippen molar-refractivity contribution in [2.75, 3.05) is 18.6 Å². The summed E-state index contributed by atoms with van der Waals surface area (Å²) in [5.41, 5.74) is 2.75. The zero-order chi connectivity index (χ0) is 14.9. The molecule has 0 fully saturated rings. The minimum absolute atomic E-state index is 0.183. The van der Waals surface area contributed by atoms with E-state index in [1.165, 1.54) is 0 Å². The van der Waals surface area contributed by atoms with Crippen molar-refractivity contribution >= 4 is 35.6 Å². The molecule has 4 nitrogen and oxygen atoms in total. The lowest BCUT2D eigenvalue weighted by Crippen LogP contribution is -2.11. The highest BCUT2D eigenvalue weighted by molar-refractivity contribution is 7.70. The van der Waals surface area contributed by atoms with Gasteiger partial charge in [0.2, 0.25) is 5.28 Å². The molecule has 0 saturated heterocycles. The maximum atomic E-state index is 12.4. The van der Waals surface area contributed by atoms with Crippen LogP contribution < -0.4 is 10.6 Å². The van der Waals surface area contributed by atoms with Gasteiger partial charge in [0.15, 0.2) is 0 Å². The number of nitrogens with one attached hydrogen (secondary N) is 1. The van der Waals surface area contributed by atoms with Gasteiger partial charge in [0, 0.05) is 17.1 Å². The predicted molar refractivity (Wildman–Crippen MR) is 85.3 cm³/mol. The van der Waals surface area contributed by atoms with Crippen LogP contribution in [0.3, 0.4) is 0 Å². The quantitative estimate of drug-likeness (QED) is 0.693. The van der Waals surface area contributed by atoms with Gasteiger partial charge in [-0.25, -0.2) is 9.97 Å². The Morgan fingerprint density at radius 1 is 1.25 bits per heavy atom. The van der Waals surface area contributed by atoms with Gasteiger partial charge in [-0.3, -0.25) is 0 Å². The monoisotopic (exact) mass is 309 g/mol. The summed E-state index contributed by atoms with van der Waals surface area (Å²) < 4.78 is 12.4. The molecule has 0 bridgehead atoms. The molecule has 20 heavy (non-hydrogen) atoms. The second kappa shape index (κ2) is 5.55. The van der Waals surface area contributed by atoms with Crippen LogP contribution in [0.15, 0.2) is 24.4 Å². The maximum absolute atomic E-state index is 12.4. The molecule has 2 aromatic rings. The second-order valence-corrected chi connectivity index (χ2v) is 8.69.